The van der Waals surface area contributed by atoms with Crippen molar-refractivity contribution in [2.75, 3.05) is 26.2 Å². The second-order valence-electron chi connectivity index (χ2n) is 4.64. The quantitative estimate of drug-likeness (QED) is 0.874. The zero-order valence-electron chi connectivity index (χ0n) is 10.8. The molecule has 0 aromatic heterocycles. The van der Waals surface area contributed by atoms with E-state index < -0.39 is 0 Å². The number of carbonyl (C=O) groups excluding carboxylic acids is 1. The first-order valence-electron chi connectivity index (χ1n) is 6.39. The number of hydrogen-bond donors (Lipinski definition) is 1. The molecule has 1 fully saturated rings. The van der Waals surface area contributed by atoms with E-state index in [0.29, 0.717) is 26.2 Å². The molecule has 98 valence electrons. The van der Waals surface area contributed by atoms with Crippen LogP contribution in [0.25, 0.3) is 0 Å². The highest BCUT2D eigenvalue weighted by molar-refractivity contribution is 5.95. The van der Waals surface area contributed by atoms with E-state index in [1.807, 2.05) is 36.1 Å². The minimum atomic E-state index is 0.0803. The molecular weight excluding hydrogens is 228 g/mol. The standard InChI is InChI=1S/C14H20N2O2/c1-11-4-2-3-5-13(11)14(17)16-8-9-18-12(10-16)6-7-15/h2-5,12H,6-10,15H2,1H3. The summed E-state index contributed by atoms with van der Waals surface area (Å²) in [7, 11) is 0. The fourth-order valence-corrected chi connectivity index (χ4v) is 2.25. The molecule has 18 heavy (non-hydrogen) atoms. The number of nitrogens with two attached hydrogens (primary N) is 1. The Morgan fingerprint density at radius 1 is 1.50 bits per heavy atom. The van der Waals surface area contributed by atoms with Gasteiger partial charge in [0.05, 0.1) is 12.7 Å². The van der Waals surface area contributed by atoms with Crippen LogP contribution in [0.2, 0.25) is 0 Å². The number of ether oxygens (including phenoxy) is 1. The van der Waals surface area contributed by atoms with Crippen LogP contribution in [0.4, 0.5) is 0 Å². The van der Waals surface area contributed by atoms with Gasteiger partial charge in [-0.1, -0.05) is 18.2 Å². The summed E-state index contributed by atoms with van der Waals surface area (Å²) in [6.07, 6.45) is 0.883. The lowest BCUT2D eigenvalue weighted by Crippen LogP contribution is -2.46. The third-order valence-corrected chi connectivity index (χ3v) is 3.29. The number of rotatable bonds is 3. The number of nitrogens with zero attached hydrogens (tertiary/aromatic N) is 1. The van der Waals surface area contributed by atoms with Crippen LogP contribution in [0.1, 0.15) is 22.3 Å². The van der Waals surface area contributed by atoms with Crippen molar-refractivity contribution in [1.82, 2.24) is 4.90 Å². The predicted molar refractivity (Wildman–Crippen MR) is 70.5 cm³/mol. The van der Waals surface area contributed by atoms with Crippen molar-refractivity contribution >= 4 is 5.91 Å². The summed E-state index contributed by atoms with van der Waals surface area (Å²) in [5.74, 6) is 0.0958. The fraction of sp³-hybridized carbons (Fsp3) is 0.500. The second-order valence-corrected chi connectivity index (χ2v) is 4.64. The molecule has 0 spiro atoms. The third kappa shape index (κ3) is 2.89. The van der Waals surface area contributed by atoms with Gasteiger partial charge in [-0.2, -0.15) is 0 Å². The van der Waals surface area contributed by atoms with Crippen molar-refractivity contribution in [2.24, 2.45) is 5.73 Å². The molecule has 2 N–H and O–H groups in total. The number of hydrogen-bond acceptors (Lipinski definition) is 3. The van der Waals surface area contributed by atoms with Gasteiger partial charge < -0.3 is 15.4 Å². The van der Waals surface area contributed by atoms with E-state index in [-0.39, 0.29) is 12.0 Å². The van der Waals surface area contributed by atoms with Gasteiger partial charge in [-0.15, -0.1) is 0 Å². The lowest BCUT2D eigenvalue weighted by Gasteiger charge is -2.33. The molecule has 1 aromatic rings. The predicted octanol–water partition coefficient (Wildman–Crippen LogP) is 1.18. The molecule has 1 aliphatic rings. The van der Waals surface area contributed by atoms with Gasteiger partial charge in [0.1, 0.15) is 0 Å². The number of benzene rings is 1. The molecule has 4 heteroatoms. The Hall–Kier alpha value is -1.39. The zero-order valence-corrected chi connectivity index (χ0v) is 10.8. The fourth-order valence-electron chi connectivity index (χ4n) is 2.25. The van der Waals surface area contributed by atoms with Gasteiger partial charge in [-0.25, -0.2) is 0 Å². The third-order valence-electron chi connectivity index (χ3n) is 3.29. The number of amides is 1. The lowest BCUT2D eigenvalue weighted by atomic mass is 10.1. The zero-order chi connectivity index (χ0) is 13.0. The molecule has 0 radical (unpaired) electrons. The second kappa shape index (κ2) is 5.98. The van der Waals surface area contributed by atoms with Crippen LogP contribution in [0, 0.1) is 6.92 Å². The summed E-state index contributed by atoms with van der Waals surface area (Å²) in [4.78, 5) is 14.3. The highest BCUT2D eigenvalue weighted by Crippen LogP contribution is 2.14. The summed E-state index contributed by atoms with van der Waals surface area (Å²) < 4.78 is 5.59. The Labute approximate surface area is 108 Å². The van der Waals surface area contributed by atoms with Crippen molar-refractivity contribution in [1.29, 1.82) is 0 Å². The average molecular weight is 248 g/mol. The largest absolute Gasteiger partial charge is 0.374 e. The Morgan fingerprint density at radius 3 is 3.00 bits per heavy atom. The molecule has 1 amide bonds. The summed E-state index contributed by atoms with van der Waals surface area (Å²) >= 11 is 0. The van der Waals surface area contributed by atoms with E-state index >= 15 is 0 Å². The van der Waals surface area contributed by atoms with Crippen LogP contribution in [0.3, 0.4) is 0 Å². The molecule has 0 bridgehead atoms. The van der Waals surface area contributed by atoms with Crippen LogP contribution in [0.5, 0.6) is 0 Å². The van der Waals surface area contributed by atoms with Crippen molar-refractivity contribution in [2.45, 2.75) is 19.4 Å². The molecular formula is C14H20N2O2. The highest BCUT2D eigenvalue weighted by atomic mass is 16.5. The molecule has 1 heterocycles. The first-order valence-corrected chi connectivity index (χ1v) is 6.39. The van der Waals surface area contributed by atoms with Crippen molar-refractivity contribution in [3.63, 3.8) is 0 Å². The summed E-state index contributed by atoms with van der Waals surface area (Å²) in [5, 5.41) is 0. The maximum absolute atomic E-state index is 12.4. The Kier molecular flexibility index (Phi) is 4.33. The van der Waals surface area contributed by atoms with E-state index in [1.54, 1.807) is 0 Å². The first-order chi connectivity index (χ1) is 8.72. The van der Waals surface area contributed by atoms with E-state index in [4.69, 9.17) is 10.5 Å². The average Bonchev–Trinajstić information content (AvgIpc) is 2.39. The molecule has 0 saturated carbocycles. The smallest absolute Gasteiger partial charge is 0.254 e. The minimum Gasteiger partial charge on any atom is -0.374 e. The van der Waals surface area contributed by atoms with Crippen LogP contribution in [-0.4, -0.2) is 43.2 Å². The van der Waals surface area contributed by atoms with Gasteiger partial charge in [0.2, 0.25) is 0 Å². The van der Waals surface area contributed by atoms with E-state index in [1.165, 1.54) is 0 Å². The van der Waals surface area contributed by atoms with Gasteiger partial charge in [-0.3, -0.25) is 4.79 Å². The van der Waals surface area contributed by atoms with Crippen LogP contribution < -0.4 is 5.73 Å². The first kappa shape index (κ1) is 13.1. The Morgan fingerprint density at radius 2 is 2.28 bits per heavy atom. The Bertz CT molecular complexity index is 418. The van der Waals surface area contributed by atoms with Crippen molar-refractivity contribution in [3.05, 3.63) is 35.4 Å². The molecule has 1 aliphatic heterocycles. The van der Waals surface area contributed by atoms with Crippen LogP contribution >= 0.6 is 0 Å². The summed E-state index contributed by atoms with van der Waals surface area (Å²) in [5.41, 5.74) is 7.33. The molecule has 4 nitrogen and oxygen atoms in total. The Balaban J connectivity index is 2.07. The van der Waals surface area contributed by atoms with Gasteiger partial charge >= 0.3 is 0 Å². The molecule has 0 aliphatic carbocycles. The highest BCUT2D eigenvalue weighted by Gasteiger charge is 2.25. The number of morpholine rings is 1. The maximum Gasteiger partial charge on any atom is 0.254 e. The topological polar surface area (TPSA) is 55.6 Å². The molecule has 1 atom stereocenters. The SMILES string of the molecule is Cc1ccccc1C(=O)N1CCOC(CCN)C1. The van der Waals surface area contributed by atoms with Crippen molar-refractivity contribution < 1.29 is 9.53 Å². The molecule has 1 saturated heterocycles. The summed E-state index contributed by atoms with van der Waals surface area (Å²) in [6, 6.07) is 7.69. The van der Waals surface area contributed by atoms with Crippen LogP contribution in [0.15, 0.2) is 24.3 Å². The summed E-state index contributed by atoms with van der Waals surface area (Å²) in [6.45, 7) is 4.46. The molecule has 1 unspecified atom stereocenters. The monoisotopic (exact) mass is 248 g/mol. The van der Waals surface area contributed by atoms with Gasteiger partial charge in [0.25, 0.3) is 5.91 Å². The maximum atomic E-state index is 12.4. The molecule has 2 rings (SSSR count). The van der Waals surface area contributed by atoms with E-state index in [9.17, 15) is 4.79 Å². The van der Waals surface area contributed by atoms with Gasteiger partial charge in [0.15, 0.2) is 0 Å². The van der Waals surface area contributed by atoms with Gasteiger partial charge in [0, 0.05) is 18.7 Å². The van der Waals surface area contributed by atoms with E-state index in [0.717, 1.165) is 17.5 Å². The number of aryl methyl sites for hydroxylation is 1. The van der Waals surface area contributed by atoms with E-state index in [2.05, 4.69) is 0 Å². The van der Waals surface area contributed by atoms with Crippen LogP contribution in [-0.2, 0) is 4.74 Å². The van der Waals surface area contributed by atoms with Crippen molar-refractivity contribution in [3.8, 4) is 0 Å². The lowest BCUT2D eigenvalue weighted by molar-refractivity contribution is -0.0236. The number of carbonyl (C=O) groups is 1. The normalized spacial score (nSPS) is 19.9. The van der Waals surface area contributed by atoms with Gasteiger partial charge in [-0.05, 0) is 31.5 Å². The molecule has 1 aromatic carbocycles. The minimum absolute atomic E-state index is 0.0803.